The summed E-state index contributed by atoms with van der Waals surface area (Å²) in [6.07, 6.45) is 5.37. The highest BCUT2D eigenvalue weighted by atomic mass is 16.5. The number of pyridine rings is 1. The van der Waals surface area contributed by atoms with Crippen molar-refractivity contribution in [2.75, 3.05) is 7.11 Å². The first-order valence-corrected chi connectivity index (χ1v) is 10.9. The van der Waals surface area contributed by atoms with E-state index in [4.69, 9.17) is 4.74 Å². The number of ether oxygens (including phenoxy) is 1. The minimum Gasteiger partial charge on any atom is -0.497 e. The van der Waals surface area contributed by atoms with Crippen molar-refractivity contribution in [2.24, 2.45) is 0 Å². The molecule has 2 aromatic carbocycles. The first kappa shape index (κ1) is 20.2. The quantitative estimate of drug-likeness (QED) is 0.649. The number of rotatable bonds is 6. The van der Waals surface area contributed by atoms with Gasteiger partial charge in [0, 0.05) is 30.5 Å². The molecule has 2 aliphatic rings. The topological polar surface area (TPSA) is 71.5 Å². The molecule has 1 aliphatic heterocycles. The van der Waals surface area contributed by atoms with Crippen molar-refractivity contribution < 1.29 is 14.3 Å². The lowest BCUT2D eigenvalue weighted by molar-refractivity contribution is -0.124. The highest BCUT2D eigenvalue weighted by Gasteiger charge is 2.49. The third kappa shape index (κ3) is 3.73. The summed E-state index contributed by atoms with van der Waals surface area (Å²) in [5.41, 5.74) is 3.21. The van der Waals surface area contributed by atoms with Gasteiger partial charge in [-0.25, -0.2) is 0 Å². The minimum atomic E-state index is -0.520. The number of nitrogens with one attached hydrogen (secondary N) is 1. The van der Waals surface area contributed by atoms with Gasteiger partial charge in [-0.2, -0.15) is 0 Å². The molecule has 6 heteroatoms. The molecule has 3 aromatic rings. The number of aromatic nitrogens is 1. The first-order chi connectivity index (χ1) is 15.7. The monoisotopic (exact) mass is 427 g/mol. The van der Waals surface area contributed by atoms with E-state index < -0.39 is 12.0 Å². The van der Waals surface area contributed by atoms with E-state index in [0.29, 0.717) is 17.9 Å². The maximum Gasteiger partial charge on any atom is 0.254 e. The van der Waals surface area contributed by atoms with Gasteiger partial charge in [-0.3, -0.25) is 14.6 Å². The number of carbonyl (C=O) groups is 2. The van der Waals surface area contributed by atoms with Crippen molar-refractivity contribution >= 4 is 11.8 Å². The fourth-order valence-corrected chi connectivity index (χ4v) is 4.57. The number of carbonyl (C=O) groups excluding carboxylic acids is 2. The van der Waals surface area contributed by atoms with Gasteiger partial charge in [0.2, 0.25) is 5.91 Å². The molecule has 1 N–H and O–H groups in total. The van der Waals surface area contributed by atoms with E-state index in [2.05, 4.69) is 10.3 Å². The van der Waals surface area contributed by atoms with Gasteiger partial charge in [0.1, 0.15) is 5.75 Å². The van der Waals surface area contributed by atoms with Crippen LogP contribution in [-0.2, 0) is 11.3 Å². The third-order valence-corrected chi connectivity index (χ3v) is 6.22. The Morgan fingerprint density at radius 1 is 1.12 bits per heavy atom. The van der Waals surface area contributed by atoms with E-state index in [1.54, 1.807) is 19.5 Å². The van der Waals surface area contributed by atoms with Crippen molar-refractivity contribution in [1.82, 2.24) is 15.2 Å². The van der Waals surface area contributed by atoms with Gasteiger partial charge in [0.15, 0.2) is 0 Å². The number of amides is 2. The molecular weight excluding hydrogens is 402 g/mol. The van der Waals surface area contributed by atoms with Gasteiger partial charge in [0.25, 0.3) is 5.91 Å². The SMILES string of the molecule is COc1cccc(C2C(C(=O)NCc3cccnc3)c3ccccc3C(=O)N2C2CC2)c1. The average molecular weight is 428 g/mol. The summed E-state index contributed by atoms with van der Waals surface area (Å²) < 4.78 is 5.44. The summed E-state index contributed by atoms with van der Waals surface area (Å²) in [7, 11) is 1.62. The molecule has 2 amide bonds. The summed E-state index contributed by atoms with van der Waals surface area (Å²) in [6, 6.07) is 18.7. The molecule has 32 heavy (non-hydrogen) atoms. The summed E-state index contributed by atoms with van der Waals surface area (Å²) in [5, 5.41) is 3.08. The molecule has 5 rings (SSSR count). The van der Waals surface area contributed by atoms with Gasteiger partial charge < -0.3 is 15.0 Å². The first-order valence-electron chi connectivity index (χ1n) is 10.9. The van der Waals surface area contributed by atoms with Crippen molar-refractivity contribution in [3.8, 4) is 5.75 Å². The Kier molecular flexibility index (Phi) is 5.35. The van der Waals surface area contributed by atoms with Crippen molar-refractivity contribution in [3.05, 3.63) is 95.3 Å². The van der Waals surface area contributed by atoms with Crippen LogP contribution in [0, 0.1) is 0 Å². The summed E-state index contributed by atoms with van der Waals surface area (Å²) in [6.45, 7) is 0.382. The van der Waals surface area contributed by atoms with Crippen molar-refractivity contribution in [3.63, 3.8) is 0 Å². The molecule has 1 aromatic heterocycles. The van der Waals surface area contributed by atoms with E-state index in [1.165, 1.54) is 0 Å². The zero-order chi connectivity index (χ0) is 22.1. The van der Waals surface area contributed by atoms with E-state index in [9.17, 15) is 9.59 Å². The van der Waals surface area contributed by atoms with Gasteiger partial charge in [0.05, 0.1) is 19.1 Å². The van der Waals surface area contributed by atoms with Crippen LogP contribution in [0.3, 0.4) is 0 Å². The maximum atomic E-state index is 13.7. The van der Waals surface area contributed by atoms with E-state index in [-0.39, 0.29) is 17.9 Å². The Morgan fingerprint density at radius 2 is 1.97 bits per heavy atom. The number of nitrogens with zero attached hydrogens (tertiary/aromatic N) is 2. The lowest BCUT2D eigenvalue weighted by Gasteiger charge is -2.42. The molecule has 0 bridgehead atoms. The molecule has 162 valence electrons. The standard InChI is InChI=1S/C26H25N3O3/c1-32-20-8-4-7-18(14-20)24-23(25(30)28-16-17-6-5-13-27-15-17)21-9-2-3-10-22(21)26(31)29(24)19-11-12-19/h2-10,13-15,19,23-24H,11-12,16H2,1H3,(H,28,30). The largest absolute Gasteiger partial charge is 0.497 e. The Hall–Kier alpha value is -3.67. The van der Waals surface area contributed by atoms with Crippen LogP contribution in [0.1, 0.15) is 51.8 Å². The molecule has 0 saturated heterocycles. The Morgan fingerprint density at radius 3 is 2.72 bits per heavy atom. The molecule has 2 atom stereocenters. The van der Waals surface area contributed by atoms with E-state index in [0.717, 1.165) is 29.5 Å². The van der Waals surface area contributed by atoms with Crippen molar-refractivity contribution in [1.29, 1.82) is 0 Å². The van der Waals surface area contributed by atoms with Gasteiger partial charge in [-0.1, -0.05) is 36.4 Å². The highest BCUT2D eigenvalue weighted by molar-refractivity contribution is 6.01. The number of hydrogen-bond acceptors (Lipinski definition) is 4. The van der Waals surface area contributed by atoms with Crippen LogP contribution in [0.15, 0.2) is 73.1 Å². The lowest BCUT2D eigenvalue weighted by atomic mass is 9.79. The van der Waals surface area contributed by atoms with E-state index in [1.807, 2.05) is 65.6 Å². The van der Waals surface area contributed by atoms with Crippen LogP contribution in [-0.4, -0.2) is 34.8 Å². The molecule has 0 spiro atoms. The van der Waals surface area contributed by atoms with E-state index >= 15 is 0 Å². The van der Waals surface area contributed by atoms with Crippen molar-refractivity contribution in [2.45, 2.75) is 37.4 Å². The van der Waals surface area contributed by atoms with Crippen LogP contribution >= 0.6 is 0 Å². The second kappa shape index (κ2) is 8.46. The van der Waals surface area contributed by atoms with Crippen LogP contribution in [0.4, 0.5) is 0 Å². The fourth-order valence-electron chi connectivity index (χ4n) is 4.57. The number of benzene rings is 2. The minimum absolute atomic E-state index is 0.00720. The molecular formula is C26H25N3O3. The Balaban J connectivity index is 1.58. The molecule has 1 aliphatic carbocycles. The lowest BCUT2D eigenvalue weighted by Crippen LogP contribution is -2.48. The van der Waals surface area contributed by atoms with Gasteiger partial charge >= 0.3 is 0 Å². The Bertz CT molecular complexity index is 1140. The molecule has 1 saturated carbocycles. The van der Waals surface area contributed by atoms with Crippen LogP contribution < -0.4 is 10.1 Å². The molecule has 2 heterocycles. The number of fused-ring (bicyclic) bond motifs is 1. The number of methoxy groups -OCH3 is 1. The number of hydrogen-bond donors (Lipinski definition) is 1. The zero-order valence-corrected chi connectivity index (χ0v) is 17.9. The predicted octanol–water partition coefficient (Wildman–Crippen LogP) is 3.85. The zero-order valence-electron chi connectivity index (χ0n) is 17.9. The van der Waals surface area contributed by atoms with Crippen LogP contribution in [0.25, 0.3) is 0 Å². The predicted molar refractivity (Wildman–Crippen MR) is 120 cm³/mol. The average Bonchev–Trinajstić information content (AvgIpc) is 3.68. The molecule has 2 unspecified atom stereocenters. The molecule has 6 nitrogen and oxygen atoms in total. The van der Waals surface area contributed by atoms with Gasteiger partial charge in [-0.05, 0) is 53.8 Å². The third-order valence-electron chi connectivity index (χ3n) is 6.22. The second-order valence-corrected chi connectivity index (χ2v) is 8.31. The Labute approximate surface area is 187 Å². The second-order valence-electron chi connectivity index (χ2n) is 8.31. The fraction of sp³-hybridized carbons (Fsp3) is 0.269. The molecule has 1 fully saturated rings. The summed E-state index contributed by atoms with van der Waals surface area (Å²) in [4.78, 5) is 33.3. The molecule has 0 radical (unpaired) electrons. The smallest absolute Gasteiger partial charge is 0.254 e. The van der Waals surface area contributed by atoms with Crippen LogP contribution in [0.5, 0.6) is 5.75 Å². The summed E-state index contributed by atoms with van der Waals surface area (Å²) in [5.74, 6) is 0.0758. The highest BCUT2D eigenvalue weighted by Crippen LogP contribution is 2.48. The van der Waals surface area contributed by atoms with Crippen LogP contribution in [0.2, 0.25) is 0 Å². The van der Waals surface area contributed by atoms with Gasteiger partial charge in [-0.15, -0.1) is 0 Å². The summed E-state index contributed by atoms with van der Waals surface area (Å²) >= 11 is 0. The normalized spacial score (nSPS) is 19.9. The maximum absolute atomic E-state index is 13.7.